The molecule has 6 heteroatoms. The van der Waals surface area contributed by atoms with Crippen LogP contribution in [-0.2, 0) is 11.6 Å². The summed E-state index contributed by atoms with van der Waals surface area (Å²) in [6, 6.07) is 69.8. The summed E-state index contributed by atoms with van der Waals surface area (Å²) in [6.07, 6.45) is -4.59. The van der Waals surface area contributed by atoms with Gasteiger partial charge in [-0.3, -0.25) is 0 Å². The minimum atomic E-state index is -4.59. The van der Waals surface area contributed by atoms with Crippen LogP contribution in [0.15, 0.2) is 200 Å². The zero-order valence-corrected chi connectivity index (χ0v) is 41.5. The lowest BCUT2D eigenvalue weighted by Crippen LogP contribution is -2.31. The van der Waals surface area contributed by atoms with Crippen molar-refractivity contribution in [2.45, 2.75) is 46.2 Å². The van der Waals surface area contributed by atoms with Gasteiger partial charge in [0.15, 0.2) is 5.69 Å². The van der Waals surface area contributed by atoms with Crippen molar-refractivity contribution in [1.29, 1.82) is 0 Å². The van der Waals surface area contributed by atoms with Crippen LogP contribution in [0, 0.1) is 41.2 Å². The number of benzene rings is 10. The number of hydrogen-bond acceptors (Lipinski definition) is 0. The number of alkyl halides is 3. The van der Waals surface area contributed by atoms with Gasteiger partial charge in [0.2, 0.25) is 0 Å². The zero-order valence-electron chi connectivity index (χ0n) is 41.5. The number of aromatic nitrogens is 2. The summed E-state index contributed by atoms with van der Waals surface area (Å²) in [5, 5.41) is 4.11. The molecular formula is C68H48F3N3. The van der Waals surface area contributed by atoms with Crippen molar-refractivity contribution in [1.82, 2.24) is 9.13 Å². The van der Waals surface area contributed by atoms with Crippen LogP contribution in [0.1, 0.15) is 55.6 Å². The predicted octanol–water partition coefficient (Wildman–Crippen LogP) is 18.7. The van der Waals surface area contributed by atoms with Crippen LogP contribution in [0.4, 0.5) is 18.9 Å². The van der Waals surface area contributed by atoms with Crippen molar-refractivity contribution < 1.29 is 13.2 Å². The molecule has 3 nitrogen and oxygen atoms in total. The Labute approximate surface area is 427 Å². The van der Waals surface area contributed by atoms with E-state index < -0.39 is 17.2 Å². The second-order valence-corrected chi connectivity index (χ2v) is 20.4. The quantitative estimate of drug-likeness (QED) is 0.153. The van der Waals surface area contributed by atoms with Gasteiger partial charge in [-0.1, -0.05) is 174 Å². The SMILES string of the molecule is [C-]#[N+]c1cc2c(cc1-c1cc(C)cc(C(F)(F)F)c1)-n1c3cc(-c4cccc(C)c4)ccc3c3ccc(cc31)C(c1cccc(C)c1)(c1cccc(C)c1)c1ccc3c4ccc(-c5cccc(C)c5)cc4n-2c3c1. The number of nitrogens with zero attached hydrogens (tertiary/aromatic N) is 3. The lowest BCUT2D eigenvalue weighted by atomic mass is 9.64. The molecule has 3 heterocycles. The largest absolute Gasteiger partial charge is 0.416 e. The number of aryl methyl sites for hydroxylation is 5. The molecule has 0 aliphatic carbocycles. The molecule has 356 valence electrons. The van der Waals surface area contributed by atoms with Crippen molar-refractivity contribution in [3.63, 3.8) is 0 Å². The van der Waals surface area contributed by atoms with Gasteiger partial charge in [-0.2, -0.15) is 13.2 Å². The molecule has 0 fully saturated rings. The maximum Gasteiger partial charge on any atom is 0.416 e. The molecule has 1 aliphatic rings. The summed E-state index contributed by atoms with van der Waals surface area (Å²) < 4.78 is 48.9. The number of hydrogen-bond donors (Lipinski definition) is 0. The molecule has 10 aromatic carbocycles. The van der Waals surface area contributed by atoms with E-state index in [1.807, 2.05) is 12.1 Å². The van der Waals surface area contributed by atoms with E-state index in [0.717, 1.165) is 122 Å². The van der Waals surface area contributed by atoms with Crippen LogP contribution in [0.25, 0.3) is 93.2 Å². The first-order valence-corrected chi connectivity index (χ1v) is 25.0. The van der Waals surface area contributed by atoms with E-state index in [4.69, 9.17) is 6.57 Å². The third-order valence-electron chi connectivity index (χ3n) is 15.4. The van der Waals surface area contributed by atoms with Gasteiger partial charge < -0.3 is 9.13 Å². The van der Waals surface area contributed by atoms with E-state index in [-0.39, 0.29) is 5.69 Å². The van der Waals surface area contributed by atoms with Gasteiger partial charge in [0.05, 0.1) is 51.0 Å². The summed E-state index contributed by atoms with van der Waals surface area (Å²) in [5.41, 5.74) is 18.1. The van der Waals surface area contributed by atoms with E-state index in [0.29, 0.717) is 16.7 Å². The fraction of sp³-hybridized carbons (Fsp3) is 0.103. The highest BCUT2D eigenvalue weighted by Gasteiger charge is 2.40. The molecule has 0 atom stereocenters. The third kappa shape index (κ3) is 6.95. The molecule has 2 aromatic heterocycles. The monoisotopic (exact) mass is 963 g/mol. The highest BCUT2D eigenvalue weighted by atomic mass is 19.4. The van der Waals surface area contributed by atoms with E-state index in [1.165, 1.54) is 12.1 Å². The molecule has 0 amide bonds. The van der Waals surface area contributed by atoms with Gasteiger partial charge in [0.1, 0.15) is 0 Å². The molecule has 0 saturated carbocycles. The molecule has 0 unspecified atom stereocenters. The van der Waals surface area contributed by atoms with Gasteiger partial charge in [0.25, 0.3) is 0 Å². The van der Waals surface area contributed by atoms with E-state index in [2.05, 4.69) is 212 Å². The summed E-state index contributed by atoms with van der Waals surface area (Å²) in [5.74, 6) is 0. The topological polar surface area (TPSA) is 14.2 Å². The molecule has 0 spiro atoms. The lowest BCUT2D eigenvalue weighted by Gasteiger charge is -2.37. The molecule has 12 aromatic rings. The Morgan fingerprint density at radius 2 is 0.784 bits per heavy atom. The van der Waals surface area contributed by atoms with Gasteiger partial charge in [-0.05, 0) is 144 Å². The minimum Gasteiger partial charge on any atom is -0.308 e. The Morgan fingerprint density at radius 3 is 1.24 bits per heavy atom. The normalized spacial score (nSPS) is 13.0. The minimum absolute atomic E-state index is 0.245. The lowest BCUT2D eigenvalue weighted by molar-refractivity contribution is -0.137. The first-order chi connectivity index (χ1) is 35.8. The average molecular weight is 964 g/mol. The van der Waals surface area contributed by atoms with Crippen LogP contribution in [0.5, 0.6) is 0 Å². The Bertz CT molecular complexity index is 4340. The summed E-state index contributed by atoms with van der Waals surface area (Å²) in [6.45, 7) is 19.0. The van der Waals surface area contributed by atoms with E-state index >= 15 is 0 Å². The standard InChI is InChI=1S/C68H48F3N3/c1-40-11-7-15-45(27-40)47-19-23-55-57-25-21-52-36-63(57)73(61(55)34-47)65-38-59(49-29-44(5)32-54(33-49)68(69,70)71)60(72-6)39-66(65)74-62-35-48(46-16-8-12-41(2)28-46)20-24-56(62)58-26-22-53(37-64(58)74)67(52,50-17-9-13-42(3)30-50)51-18-10-14-43(4)31-51/h7-39H,1-5H3. The van der Waals surface area contributed by atoms with Crippen molar-refractivity contribution in [3.05, 3.63) is 267 Å². The number of halogens is 3. The first-order valence-electron chi connectivity index (χ1n) is 25.0. The fourth-order valence-corrected chi connectivity index (χ4v) is 12.1. The molecule has 0 N–H and O–H groups in total. The molecule has 0 radical (unpaired) electrons. The van der Waals surface area contributed by atoms with Gasteiger partial charge in [-0.25, -0.2) is 4.85 Å². The number of fused-ring (bicyclic) bond motifs is 11. The Morgan fingerprint density at radius 1 is 0.378 bits per heavy atom. The zero-order chi connectivity index (χ0) is 50.8. The van der Waals surface area contributed by atoms with Crippen molar-refractivity contribution in [3.8, 4) is 44.8 Å². The summed E-state index contributed by atoms with van der Waals surface area (Å²) >= 11 is 0. The van der Waals surface area contributed by atoms with E-state index in [1.54, 1.807) is 13.0 Å². The maximum absolute atomic E-state index is 14.8. The molecular weight excluding hydrogens is 916 g/mol. The van der Waals surface area contributed by atoms with Crippen molar-refractivity contribution in [2.75, 3.05) is 0 Å². The average Bonchev–Trinajstić information content (AvgIpc) is 3.89. The summed E-state index contributed by atoms with van der Waals surface area (Å²) in [4.78, 5) is 4.18. The molecule has 4 bridgehead atoms. The van der Waals surface area contributed by atoms with Crippen molar-refractivity contribution in [2.24, 2.45) is 0 Å². The second-order valence-electron chi connectivity index (χ2n) is 20.4. The highest BCUT2D eigenvalue weighted by molar-refractivity contribution is 6.14. The second kappa shape index (κ2) is 16.6. The van der Waals surface area contributed by atoms with Crippen LogP contribution in [-0.4, -0.2) is 9.13 Å². The Kier molecular flexibility index (Phi) is 10.1. The van der Waals surface area contributed by atoms with Crippen LogP contribution in [0.2, 0.25) is 0 Å². The highest BCUT2D eigenvalue weighted by Crippen LogP contribution is 2.51. The van der Waals surface area contributed by atoms with Gasteiger partial charge in [0, 0.05) is 21.5 Å². The smallest absolute Gasteiger partial charge is 0.308 e. The molecule has 13 rings (SSSR count). The van der Waals surface area contributed by atoms with Crippen LogP contribution >= 0.6 is 0 Å². The maximum atomic E-state index is 14.8. The molecule has 74 heavy (non-hydrogen) atoms. The van der Waals surface area contributed by atoms with E-state index in [9.17, 15) is 13.2 Å². The summed E-state index contributed by atoms with van der Waals surface area (Å²) in [7, 11) is 0. The van der Waals surface area contributed by atoms with Crippen molar-refractivity contribution >= 4 is 49.3 Å². The van der Waals surface area contributed by atoms with Gasteiger partial charge in [-0.15, -0.1) is 0 Å². The first kappa shape index (κ1) is 45.0. The Balaban J connectivity index is 1.28. The Hall–Kier alpha value is -8.92. The molecule has 0 saturated heterocycles. The molecule has 1 aliphatic heterocycles. The van der Waals surface area contributed by atoms with Gasteiger partial charge >= 0.3 is 6.18 Å². The number of rotatable bonds is 5. The fourth-order valence-electron chi connectivity index (χ4n) is 12.1. The van der Waals surface area contributed by atoms with Crippen LogP contribution in [0.3, 0.4) is 0 Å². The third-order valence-corrected chi connectivity index (χ3v) is 15.4. The predicted molar refractivity (Wildman–Crippen MR) is 298 cm³/mol. The van der Waals surface area contributed by atoms with Crippen LogP contribution < -0.4 is 0 Å².